The maximum Gasteiger partial charge on any atom is 0.305 e. The third-order valence-corrected chi connectivity index (χ3v) is 3.41. The van der Waals surface area contributed by atoms with Crippen LogP contribution in [0, 0.1) is 6.92 Å². The molecule has 0 N–H and O–H groups in total. The van der Waals surface area contributed by atoms with Crippen molar-refractivity contribution in [3.8, 4) is 0 Å². The summed E-state index contributed by atoms with van der Waals surface area (Å²) in [5.74, 6) is 0.966. The average Bonchev–Trinajstić information content (AvgIpc) is 2.75. The second kappa shape index (κ2) is 7.08. The Balaban J connectivity index is 1.81. The van der Waals surface area contributed by atoms with Gasteiger partial charge in [-0.15, -0.1) is 0 Å². The van der Waals surface area contributed by atoms with Gasteiger partial charge in [-0.2, -0.15) is 0 Å². The Bertz CT molecular complexity index is 575. The molecule has 0 saturated heterocycles. The monoisotopic (exact) mass is 274 g/mol. The highest BCUT2D eigenvalue weighted by molar-refractivity contribution is 5.75. The number of hydrogen-bond acceptors (Lipinski definition) is 3. The standard InChI is InChI=1S/C16H22N2O2/c1-3-20-16(19)11-5-4-8-12-18-13(2)17-14-9-6-7-10-15(14)18/h6-7,9-10H,3-5,8,11-12H2,1-2H3. The molecule has 1 aromatic heterocycles. The number of imidazole rings is 1. The fourth-order valence-corrected chi connectivity index (χ4v) is 2.43. The quantitative estimate of drug-likeness (QED) is 0.573. The molecule has 0 radical (unpaired) electrons. The number of esters is 1. The van der Waals surface area contributed by atoms with Gasteiger partial charge in [0.25, 0.3) is 0 Å². The third kappa shape index (κ3) is 3.59. The summed E-state index contributed by atoms with van der Waals surface area (Å²) < 4.78 is 7.17. The molecule has 0 unspecified atom stereocenters. The van der Waals surface area contributed by atoms with Crippen molar-refractivity contribution in [1.29, 1.82) is 0 Å². The molecule has 2 rings (SSSR count). The number of carbonyl (C=O) groups is 1. The molecule has 1 heterocycles. The molecule has 20 heavy (non-hydrogen) atoms. The number of benzene rings is 1. The van der Waals surface area contributed by atoms with Crippen molar-refractivity contribution in [2.75, 3.05) is 6.61 Å². The van der Waals surface area contributed by atoms with Gasteiger partial charge in [0.05, 0.1) is 17.6 Å². The van der Waals surface area contributed by atoms with Crippen LogP contribution in [0.3, 0.4) is 0 Å². The molecule has 0 bridgehead atoms. The fourth-order valence-electron chi connectivity index (χ4n) is 2.43. The van der Waals surface area contributed by atoms with Crippen LogP contribution in [-0.2, 0) is 16.1 Å². The van der Waals surface area contributed by atoms with E-state index in [0.717, 1.165) is 37.1 Å². The number of rotatable bonds is 7. The van der Waals surface area contributed by atoms with Crippen molar-refractivity contribution < 1.29 is 9.53 Å². The lowest BCUT2D eigenvalue weighted by atomic mass is 10.2. The molecule has 4 nitrogen and oxygen atoms in total. The molecule has 0 aliphatic rings. The van der Waals surface area contributed by atoms with Crippen LogP contribution >= 0.6 is 0 Å². The Morgan fingerprint density at radius 2 is 2.05 bits per heavy atom. The zero-order valence-corrected chi connectivity index (χ0v) is 12.3. The number of hydrogen-bond donors (Lipinski definition) is 0. The van der Waals surface area contributed by atoms with Crippen LogP contribution in [0.4, 0.5) is 0 Å². The predicted octanol–water partition coefficient (Wildman–Crippen LogP) is 3.47. The van der Waals surface area contributed by atoms with Gasteiger partial charge in [0.15, 0.2) is 0 Å². The minimum absolute atomic E-state index is 0.0863. The lowest BCUT2D eigenvalue weighted by molar-refractivity contribution is -0.143. The molecule has 1 aromatic carbocycles. The van der Waals surface area contributed by atoms with Gasteiger partial charge in [0.2, 0.25) is 0 Å². The maximum absolute atomic E-state index is 11.2. The highest BCUT2D eigenvalue weighted by atomic mass is 16.5. The summed E-state index contributed by atoms with van der Waals surface area (Å²) in [5, 5.41) is 0. The van der Waals surface area contributed by atoms with E-state index in [1.165, 1.54) is 5.52 Å². The second-order valence-corrected chi connectivity index (χ2v) is 4.92. The van der Waals surface area contributed by atoms with Crippen LogP contribution in [0.5, 0.6) is 0 Å². The summed E-state index contributed by atoms with van der Waals surface area (Å²) in [6, 6.07) is 8.20. The second-order valence-electron chi connectivity index (χ2n) is 4.92. The maximum atomic E-state index is 11.2. The molecule has 0 atom stereocenters. The first-order chi connectivity index (χ1) is 9.72. The Kier molecular flexibility index (Phi) is 5.16. The average molecular weight is 274 g/mol. The molecule has 2 aromatic rings. The summed E-state index contributed by atoms with van der Waals surface area (Å²) in [6.07, 6.45) is 3.51. The van der Waals surface area contributed by atoms with Crippen molar-refractivity contribution in [1.82, 2.24) is 9.55 Å². The highest BCUT2D eigenvalue weighted by Gasteiger charge is 2.06. The summed E-state index contributed by atoms with van der Waals surface area (Å²) in [6.45, 7) is 5.30. The molecular formula is C16H22N2O2. The van der Waals surface area contributed by atoms with E-state index in [9.17, 15) is 4.79 Å². The Hall–Kier alpha value is -1.84. The van der Waals surface area contributed by atoms with E-state index in [2.05, 4.69) is 15.6 Å². The van der Waals surface area contributed by atoms with Crippen molar-refractivity contribution in [3.05, 3.63) is 30.1 Å². The summed E-state index contributed by atoms with van der Waals surface area (Å²) in [5.41, 5.74) is 2.24. The number of aryl methyl sites for hydroxylation is 2. The van der Waals surface area contributed by atoms with E-state index < -0.39 is 0 Å². The first-order valence-electron chi connectivity index (χ1n) is 7.30. The van der Waals surface area contributed by atoms with Gasteiger partial charge in [-0.1, -0.05) is 18.6 Å². The van der Waals surface area contributed by atoms with Gasteiger partial charge in [-0.3, -0.25) is 4.79 Å². The van der Waals surface area contributed by atoms with Gasteiger partial charge < -0.3 is 9.30 Å². The molecule has 108 valence electrons. The van der Waals surface area contributed by atoms with Crippen LogP contribution in [0.2, 0.25) is 0 Å². The van der Waals surface area contributed by atoms with Crippen molar-refractivity contribution >= 4 is 17.0 Å². The van der Waals surface area contributed by atoms with Gasteiger partial charge in [0.1, 0.15) is 5.82 Å². The molecule has 0 fully saturated rings. The van der Waals surface area contributed by atoms with Crippen LogP contribution in [0.1, 0.15) is 38.4 Å². The van der Waals surface area contributed by atoms with E-state index in [-0.39, 0.29) is 5.97 Å². The van der Waals surface area contributed by atoms with Gasteiger partial charge in [0, 0.05) is 13.0 Å². The van der Waals surface area contributed by atoms with Gasteiger partial charge in [-0.25, -0.2) is 4.98 Å². The van der Waals surface area contributed by atoms with Gasteiger partial charge in [-0.05, 0) is 38.8 Å². The van der Waals surface area contributed by atoms with Crippen LogP contribution in [-0.4, -0.2) is 22.1 Å². The number of nitrogens with zero attached hydrogens (tertiary/aromatic N) is 2. The van der Waals surface area contributed by atoms with Crippen molar-refractivity contribution in [2.45, 2.75) is 46.1 Å². The number of carbonyl (C=O) groups excluding carboxylic acids is 1. The van der Waals surface area contributed by atoms with Crippen molar-refractivity contribution in [2.24, 2.45) is 0 Å². The first kappa shape index (κ1) is 14.6. The van der Waals surface area contributed by atoms with E-state index in [4.69, 9.17) is 4.74 Å². The number of aromatic nitrogens is 2. The van der Waals surface area contributed by atoms with E-state index in [0.29, 0.717) is 13.0 Å². The van der Waals surface area contributed by atoms with E-state index in [1.54, 1.807) is 0 Å². The minimum atomic E-state index is -0.0863. The zero-order valence-electron chi connectivity index (χ0n) is 12.3. The highest BCUT2D eigenvalue weighted by Crippen LogP contribution is 2.16. The first-order valence-corrected chi connectivity index (χ1v) is 7.30. The lowest BCUT2D eigenvalue weighted by Gasteiger charge is -2.06. The topological polar surface area (TPSA) is 44.1 Å². The normalized spacial score (nSPS) is 10.9. The van der Waals surface area contributed by atoms with Crippen molar-refractivity contribution in [3.63, 3.8) is 0 Å². The SMILES string of the molecule is CCOC(=O)CCCCCn1c(C)nc2ccccc21. The summed E-state index contributed by atoms with van der Waals surface area (Å²) >= 11 is 0. The number of unbranched alkanes of at least 4 members (excludes halogenated alkanes) is 2. The molecular weight excluding hydrogens is 252 g/mol. The number of fused-ring (bicyclic) bond motifs is 1. The smallest absolute Gasteiger partial charge is 0.305 e. The lowest BCUT2D eigenvalue weighted by Crippen LogP contribution is -2.04. The number of para-hydroxylation sites is 2. The van der Waals surface area contributed by atoms with E-state index >= 15 is 0 Å². The van der Waals surface area contributed by atoms with E-state index in [1.807, 2.05) is 32.0 Å². The molecule has 0 aliphatic carbocycles. The summed E-state index contributed by atoms with van der Waals surface area (Å²) in [7, 11) is 0. The van der Waals surface area contributed by atoms with Crippen LogP contribution in [0.25, 0.3) is 11.0 Å². The Morgan fingerprint density at radius 1 is 1.25 bits per heavy atom. The minimum Gasteiger partial charge on any atom is -0.466 e. The van der Waals surface area contributed by atoms with Crippen LogP contribution in [0.15, 0.2) is 24.3 Å². The van der Waals surface area contributed by atoms with Gasteiger partial charge >= 0.3 is 5.97 Å². The molecule has 4 heteroatoms. The molecule has 0 spiro atoms. The summed E-state index contributed by atoms with van der Waals surface area (Å²) in [4.78, 5) is 15.8. The largest absolute Gasteiger partial charge is 0.466 e. The Labute approximate surface area is 119 Å². The molecule has 0 aliphatic heterocycles. The third-order valence-electron chi connectivity index (χ3n) is 3.41. The fraction of sp³-hybridized carbons (Fsp3) is 0.500. The van der Waals surface area contributed by atoms with Crippen LogP contribution < -0.4 is 0 Å². The zero-order chi connectivity index (χ0) is 14.4. The predicted molar refractivity (Wildman–Crippen MR) is 79.6 cm³/mol. The number of ether oxygens (including phenoxy) is 1. The molecule has 0 saturated carbocycles. The Morgan fingerprint density at radius 3 is 2.85 bits per heavy atom. The molecule has 0 amide bonds.